The number of sulfonamides is 1. The van der Waals surface area contributed by atoms with Crippen molar-refractivity contribution < 1.29 is 22.9 Å². The topological polar surface area (TPSA) is 122 Å². The Morgan fingerprint density at radius 1 is 1.12 bits per heavy atom. The highest BCUT2D eigenvalue weighted by atomic mass is 32.2. The Hall–Kier alpha value is -3.18. The minimum atomic E-state index is -3.44. The van der Waals surface area contributed by atoms with Crippen LogP contribution in [0.15, 0.2) is 42.5 Å². The molecular weight excluding hydrogens is 448 g/mol. The summed E-state index contributed by atoms with van der Waals surface area (Å²) in [5.74, 6) is 0.235. The van der Waals surface area contributed by atoms with Gasteiger partial charge in [0.05, 0.1) is 17.8 Å². The standard InChI is InChI=1S/C22H28N4O6S/c1-17-20(5-3-6-21(17)26(28)29)22(27)23-11-4-16-33(30,31)25-14-12-24(13-15-25)18-7-9-19(32-2)10-8-18/h3,5-10H,4,11-16H2,1-2H3,(H,23,27). The lowest BCUT2D eigenvalue weighted by Crippen LogP contribution is -2.49. The molecule has 0 aromatic heterocycles. The van der Waals surface area contributed by atoms with Gasteiger partial charge in [0.1, 0.15) is 5.75 Å². The predicted molar refractivity (Wildman–Crippen MR) is 125 cm³/mol. The van der Waals surface area contributed by atoms with Gasteiger partial charge in [-0.15, -0.1) is 0 Å². The summed E-state index contributed by atoms with van der Waals surface area (Å²) in [6, 6.07) is 12.0. The van der Waals surface area contributed by atoms with E-state index in [0.717, 1.165) is 11.4 Å². The van der Waals surface area contributed by atoms with E-state index in [-0.39, 0.29) is 35.5 Å². The third-order valence-electron chi connectivity index (χ3n) is 5.68. The molecule has 178 valence electrons. The predicted octanol–water partition coefficient (Wildman–Crippen LogP) is 2.18. The molecule has 0 spiro atoms. The Labute approximate surface area is 193 Å². The number of nitro groups is 1. The van der Waals surface area contributed by atoms with Gasteiger partial charge < -0.3 is 15.0 Å². The molecule has 1 aliphatic heterocycles. The van der Waals surface area contributed by atoms with Gasteiger partial charge in [-0.3, -0.25) is 14.9 Å². The van der Waals surface area contributed by atoms with E-state index in [0.29, 0.717) is 26.2 Å². The van der Waals surface area contributed by atoms with Gasteiger partial charge in [0, 0.05) is 55.6 Å². The molecule has 0 aliphatic carbocycles. The molecule has 11 heteroatoms. The van der Waals surface area contributed by atoms with Crippen LogP contribution in [0.3, 0.4) is 0 Å². The number of hydrogen-bond donors (Lipinski definition) is 1. The van der Waals surface area contributed by atoms with Crippen LogP contribution in [0.1, 0.15) is 22.3 Å². The van der Waals surface area contributed by atoms with Crippen LogP contribution < -0.4 is 15.0 Å². The lowest BCUT2D eigenvalue weighted by molar-refractivity contribution is -0.385. The molecule has 2 aromatic carbocycles. The fourth-order valence-corrected chi connectivity index (χ4v) is 5.25. The number of methoxy groups -OCH3 is 1. The van der Waals surface area contributed by atoms with Gasteiger partial charge in [-0.1, -0.05) is 6.07 Å². The summed E-state index contributed by atoms with van der Waals surface area (Å²) in [5.41, 5.74) is 1.38. The third kappa shape index (κ3) is 5.99. The Bertz CT molecular complexity index is 1100. The van der Waals surface area contributed by atoms with Crippen LogP contribution in [0, 0.1) is 17.0 Å². The van der Waals surface area contributed by atoms with Crippen LogP contribution in [0.5, 0.6) is 5.75 Å². The largest absolute Gasteiger partial charge is 0.497 e. The number of benzene rings is 2. The first-order chi connectivity index (χ1) is 15.7. The van der Waals surface area contributed by atoms with Crippen LogP contribution in [-0.2, 0) is 10.0 Å². The molecule has 2 aromatic rings. The van der Waals surface area contributed by atoms with E-state index in [1.54, 1.807) is 7.11 Å². The monoisotopic (exact) mass is 476 g/mol. The zero-order valence-electron chi connectivity index (χ0n) is 18.7. The number of carbonyl (C=O) groups is 1. The van der Waals surface area contributed by atoms with Crippen molar-refractivity contribution in [3.05, 3.63) is 63.7 Å². The van der Waals surface area contributed by atoms with Gasteiger partial charge in [0.25, 0.3) is 11.6 Å². The molecule has 1 saturated heterocycles. The highest BCUT2D eigenvalue weighted by molar-refractivity contribution is 7.89. The maximum absolute atomic E-state index is 12.7. The van der Waals surface area contributed by atoms with Crippen LogP contribution in [-0.4, -0.2) is 69.1 Å². The molecule has 0 atom stereocenters. The number of nitrogens with zero attached hydrogens (tertiary/aromatic N) is 3. The van der Waals surface area contributed by atoms with Gasteiger partial charge >= 0.3 is 0 Å². The summed E-state index contributed by atoms with van der Waals surface area (Å²) in [5, 5.41) is 13.7. The number of ether oxygens (including phenoxy) is 1. The molecular formula is C22H28N4O6S. The zero-order valence-corrected chi connectivity index (χ0v) is 19.5. The number of rotatable bonds is 9. The van der Waals surface area contributed by atoms with E-state index in [4.69, 9.17) is 4.74 Å². The highest BCUT2D eigenvalue weighted by Gasteiger charge is 2.27. The van der Waals surface area contributed by atoms with Gasteiger partial charge in [-0.05, 0) is 43.7 Å². The lowest BCUT2D eigenvalue weighted by Gasteiger charge is -2.35. The molecule has 33 heavy (non-hydrogen) atoms. The van der Waals surface area contributed by atoms with Crippen molar-refractivity contribution in [1.29, 1.82) is 0 Å². The van der Waals surface area contributed by atoms with Gasteiger partial charge in [-0.25, -0.2) is 8.42 Å². The lowest BCUT2D eigenvalue weighted by atomic mass is 10.1. The van der Waals surface area contributed by atoms with Crippen LogP contribution in [0.25, 0.3) is 0 Å². The molecule has 3 rings (SSSR count). The van der Waals surface area contributed by atoms with Crippen molar-refractivity contribution in [3.8, 4) is 5.75 Å². The summed E-state index contributed by atoms with van der Waals surface area (Å²) in [6.45, 7) is 3.65. The van der Waals surface area contributed by atoms with E-state index in [2.05, 4.69) is 10.2 Å². The maximum atomic E-state index is 12.7. The summed E-state index contributed by atoms with van der Waals surface area (Å²) >= 11 is 0. The average Bonchev–Trinajstić information content (AvgIpc) is 2.82. The van der Waals surface area contributed by atoms with Crippen LogP contribution >= 0.6 is 0 Å². The Morgan fingerprint density at radius 3 is 2.39 bits per heavy atom. The maximum Gasteiger partial charge on any atom is 0.273 e. The number of piperazine rings is 1. The SMILES string of the molecule is COc1ccc(N2CCN(S(=O)(=O)CCCNC(=O)c3cccc([N+](=O)[O-])c3C)CC2)cc1. The van der Waals surface area contributed by atoms with Crippen molar-refractivity contribution in [2.75, 3.05) is 50.5 Å². The molecule has 0 radical (unpaired) electrons. The fraction of sp³-hybridized carbons (Fsp3) is 0.409. The van der Waals surface area contributed by atoms with Crippen molar-refractivity contribution in [2.24, 2.45) is 0 Å². The normalized spacial score (nSPS) is 14.7. The number of nitrogens with one attached hydrogen (secondary N) is 1. The second kappa shape index (κ2) is 10.6. The van der Waals surface area contributed by atoms with Crippen LogP contribution in [0.4, 0.5) is 11.4 Å². The summed E-state index contributed by atoms with van der Waals surface area (Å²) in [6.07, 6.45) is 0.251. The van der Waals surface area contributed by atoms with E-state index < -0.39 is 20.9 Å². The number of anilines is 1. The fourth-order valence-electron chi connectivity index (χ4n) is 3.77. The quantitative estimate of drug-likeness (QED) is 0.334. The highest BCUT2D eigenvalue weighted by Crippen LogP contribution is 2.22. The molecule has 1 amide bonds. The van der Waals surface area contributed by atoms with Crippen molar-refractivity contribution >= 4 is 27.3 Å². The minimum Gasteiger partial charge on any atom is -0.497 e. The van der Waals surface area contributed by atoms with E-state index in [1.807, 2.05) is 24.3 Å². The summed E-state index contributed by atoms with van der Waals surface area (Å²) in [7, 11) is -1.83. The second-order valence-electron chi connectivity index (χ2n) is 7.72. The molecule has 0 saturated carbocycles. The van der Waals surface area contributed by atoms with Crippen molar-refractivity contribution in [1.82, 2.24) is 9.62 Å². The summed E-state index contributed by atoms with van der Waals surface area (Å²) < 4.78 is 32.1. The van der Waals surface area contributed by atoms with E-state index >= 15 is 0 Å². The van der Waals surface area contributed by atoms with Crippen molar-refractivity contribution in [2.45, 2.75) is 13.3 Å². The third-order valence-corrected chi connectivity index (χ3v) is 7.64. The molecule has 1 fully saturated rings. The molecule has 1 aliphatic rings. The molecule has 0 bridgehead atoms. The average molecular weight is 477 g/mol. The van der Waals surface area contributed by atoms with E-state index in [1.165, 1.54) is 29.4 Å². The van der Waals surface area contributed by atoms with E-state index in [9.17, 15) is 23.3 Å². The Balaban J connectivity index is 1.46. The zero-order chi connectivity index (χ0) is 24.0. The summed E-state index contributed by atoms with van der Waals surface area (Å²) in [4.78, 5) is 25.0. The molecule has 1 N–H and O–H groups in total. The smallest absolute Gasteiger partial charge is 0.273 e. The van der Waals surface area contributed by atoms with Crippen LogP contribution in [0.2, 0.25) is 0 Å². The van der Waals surface area contributed by atoms with Gasteiger partial charge in [-0.2, -0.15) is 4.31 Å². The second-order valence-corrected chi connectivity index (χ2v) is 9.80. The minimum absolute atomic E-state index is 0.0796. The first kappa shape index (κ1) is 24.5. The number of carbonyl (C=O) groups excluding carboxylic acids is 1. The first-order valence-corrected chi connectivity index (χ1v) is 12.2. The van der Waals surface area contributed by atoms with Crippen molar-refractivity contribution in [3.63, 3.8) is 0 Å². The molecule has 1 heterocycles. The Morgan fingerprint density at radius 2 is 1.79 bits per heavy atom. The molecule has 0 unspecified atom stereocenters. The van der Waals surface area contributed by atoms with Gasteiger partial charge in [0.2, 0.25) is 10.0 Å². The van der Waals surface area contributed by atoms with Gasteiger partial charge in [0.15, 0.2) is 0 Å². The first-order valence-electron chi connectivity index (χ1n) is 10.6. The Kier molecular flexibility index (Phi) is 7.88. The number of hydrogen-bond acceptors (Lipinski definition) is 7. The molecule has 10 nitrogen and oxygen atoms in total. The number of nitro benzene ring substituents is 1. The number of amides is 1.